The number of aromatic carboxylic acids is 1. The molecule has 0 unspecified atom stereocenters. The lowest BCUT2D eigenvalue weighted by Crippen LogP contribution is -2.28. The molecule has 0 aliphatic carbocycles. The highest BCUT2D eigenvalue weighted by Gasteiger charge is 2.31. The Balaban J connectivity index is 1.52. The van der Waals surface area contributed by atoms with E-state index in [9.17, 15) is 19.5 Å². The van der Waals surface area contributed by atoms with Gasteiger partial charge in [0.15, 0.2) is 0 Å². The Kier molecular flexibility index (Phi) is 6.79. The topological polar surface area (TPSA) is 89.5 Å². The number of hydrogen-bond donors (Lipinski definition) is 1. The molecule has 3 rings (SSSR count). The van der Waals surface area contributed by atoms with E-state index in [-0.39, 0.29) is 23.1 Å². The molecule has 1 fully saturated rings. The molecular weight excluding hydrogens is 408 g/mol. The van der Waals surface area contributed by atoms with Crippen molar-refractivity contribution >= 4 is 57.8 Å². The van der Waals surface area contributed by atoms with Crippen molar-refractivity contribution < 1.29 is 19.5 Å². The first-order chi connectivity index (χ1) is 13.9. The molecule has 2 amide bonds. The summed E-state index contributed by atoms with van der Waals surface area (Å²) < 4.78 is 0. The van der Waals surface area contributed by atoms with E-state index in [2.05, 4.69) is 5.32 Å². The largest absolute Gasteiger partial charge is 0.545 e. The Hall–Kier alpha value is -2.97. The van der Waals surface area contributed by atoms with Crippen molar-refractivity contribution in [3.05, 3.63) is 70.6 Å². The molecule has 8 heteroatoms. The molecule has 29 heavy (non-hydrogen) atoms. The van der Waals surface area contributed by atoms with Gasteiger partial charge in [-0.15, -0.1) is 0 Å². The highest BCUT2D eigenvalue weighted by atomic mass is 32.2. The maximum Gasteiger partial charge on any atom is 0.291 e. The molecule has 2 aromatic carbocycles. The molecule has 0 radical (unpaired) electrons. The number of carboxylic acids is 1. The van der Waals surface area contributed by atoms with Crippen LogP contribution in [0.25, 0.3) is 6.08 Å². The monoisotopic (exact) mass is 425 g/mol. The summed E-state index contributed by atoms with van der Waals surface area (Å²) >= 11 is 6.50. The van der Waals surface area contributed by atoms with Gasteiger partial charge >= 0.3 is 0 Å². The van der Waals surface area contributed by atoms with Crippen LogP contribution >= 0.6 is 24.0 Å². The van der Waals surface area contributed by atoms with E-state index < -0.39 is 5.97 Å². The number of nitrogens with zero attached hydrogens (tertiary/aromatic N) is 1. The number of hydrogen-bond acceptors (Lipinski definition) is 6. The van der Waals surface area contributed by atoms with Crippen LogP contribution < -0.4 is 10.4 Å². The number of carboxylic acid groups (broad SMARTS) is 1. The standard InChI is InChI=1S/C21H18N2O4S2/c24-18(22-16-9-4-8-15(13-16)20(25)26)10-5-11-23-19(28)17(29-21(23)27)12-14-6-2-1-3-7-14/h1-4,6-9,12-13H,5,10-11H2,(H,22,24)(H,25,26)/p-1. The summed E-state index contributed by atoms with van der Waals surface area (Å²) in [6, 6.07) is 15.5. The van der Waals surface area contributed by atoms with Gasteiger partial charge in [-0.3, -0.25) is 14.5 Å². The lowest BCUT2D eigenvalue weighted by Gasteiger charge is -2.14. The smallest absolute Gasteiger partial charge is 0.291 e. The molecule has 0 saturated carbocycles. The Morgan fingerprint density at radius 3 is 2.62 bits per heavy atom. The van der Waals surface area contributed by atoms with Gasteiger partial charge in [0.25, 0.3) is 5.24 Å². The lowest BCUT2D eigenvalue weighted by molar-refractivity contribution is -0.255. The molecule has 148 valence electrons. The molecule has 1 N–H and O–H groups in total. The minimum absolute atomic E-state index is 0.00873. The van der Waals surface area contributed by atoms with Gasteiger partial charge in [-0.05, 0) is 47.5 Å². The van der Waals surface area contributed by atoms with E-state index >= 15 is 0 Å². The van der Waals surface area contributed by atoms with Crippen LogP contribution in [-0.2, 0) is 4.79 Å². The van der Waals surface area contributed by atoms with Crippen molar-refractivity contribution in [2.75, 3.05) is 11.9 Å². The van der Waals surface area contributed by atoms with Crippen LogP contribution in [0.2, 0.25) is 0 Å². The van der Waals surface area contributed by atoms with E-state index in [1.54, 1.807) is 6.07 Å². The predicted molar refractivity (Wildman–Crippen MR) is 115 cm³/mol. The quantitative estimate of drug-likeness (QED) is 0.541. The second-order valence-electron chi connectivity index (χ2n) is 6.26. The van der Waals surface area contributed by atoms with Crippen molar-refractivity contribution in [1.29, 1.82) is 0 Å². The third-order valence-corrected chi connectivity index (χ3v) is 5.63. The van der Waals surface area contributed by atoms with E-state index in [0.29, 0.717) is 23.6 Å². The zero-order valence-corrected chi connectivity index (χ0v) is 16.9. The van der Waals surface area contributed by atoms with Crippen LogP contribution in [0.15, 0.2) is 59.5 Å². The first-order valence-corrected chi connectivity index (χ1v) is 10.1. The Morgan fingerprint density at radius 2 is 1.90 bits per heavy atom. The molecule has 2 aromatic rings. The van der Waals surface area contributed by atoms with Gasteiger partial charge in [0.2, 0.25) is 5.91 Å². The van der Waals surface area contributed by atoms with Gasteiger partial charge in [-0.1, -0.05) is 54.7 Å². The SMILES string of the molecule is O=C(CCCN1C(=O)SC(=Cc2ccccc2)C1=S)Nc1cccc(C(=O)[O-])c1. The van der Waals surface area contributed by atoms with E-state index in [4.69, 9.17) is 12.2 Å². The average Bonchev–Trinajstić information content (AvgIpc) is 2.96. The summed E-state index contributed by atoms with van der Waals surface area (Å²) in [6.45, 7) is 0.337. The number of rotatable bonds is 7. The van der Waals surface area contributed by atoms with Gasteiger partial charge in [-0.25, -0.2) is 0 Å². The minimum atomic E-state index is -1.31. The van der Waals surface area contributed by atoms with Crippen LogP contribution in [0.5, 0.6) is 0 Å². The summed E-state index contributed by atoms with van der Waals surface area (Å²) in [7, 11) is 0. The number of carbonyl (C=O) groups excluding carboxylic acids is 3. The van der Waals surface area contributed by atoms with E-state index in [1.807, 2.05) is 36.4 Å². The van der Waals surface area contributed by atoms with Gasteiger partial charge < -0.3 is 15.2 Å². The number of amides is 2. The fraction of sp³-hybridized carbons (Fsp3) is 0.143. The first kappa shape index (κ1) is 20.8. The Morgan fingerprint density at radius 1 is 1.14 bits per heavy atom. The predicted octanol–water partition coefficient (Wildman–Crippen LogP) is 3.31. The molecule has 1 aliphatic rings. The number of benzene rings is 2. The number of thiocarbonyl (C=S) groups is 1. The normalized spacial score (nSPS) is 15.0. The highest BCUT2D eigenvalue weighted by molar-refractivity contribution is 8.19. The summed E-state index contributed by atoms with van der Waals surface area (Å²) in [5, 5.41) is 13.4. The zero-order valence-electron chi connectivity index (χ0n) is 15.3. The molecule has 0 bridgehead atoms. The van der Waals surface area contributed by atoms with Gasteiger partial charge in [0, 0.05) is 18.7 Å². The second kappa shape index (κ2) is 9.49. The van der Waals surface area contributed by atoms with Crippen molar-refractivity contribution in [3.63, 3.8) is 0 Å². The molecule has 1 heterocycles. The van der Waals surface area contributed by atoms with Crippen molar-refractivity contribution in [2.45, 2.75) is 12.8 Å². The van der Waals surface area contributed by atoms with Gasteiger partial charge in [0.1, 0.15) is 4.99 Å². The Bertz CT molecular complexity index is 989. The first-order valence-electron chi connectivity index (χ1n) is 8.86. The minimum Gasteiger partial charge on any atom is -0.545 e. The summed E-state index contributed by atoms with van der Waals surface area (Å²) in [5.74, 6) is -1.58. The fourth-order valence-electron chi connectivity index (χ4n) is 2.74. The maximum atomic E-state index is 12.3. The zero-order chi connectivity index (χ0) is 20.8. The number of carbonyl (C=O) groups is 3. The van der Waals surface area contributed by atoms with E-state index in [1.165, 1.54) is 23.1 Å². The summed E-state index contributed by atoms with van der Waals surface area (Å²) in [5.41, 5.74) is 1.34. The van der Waals surface area contributed by atoms with Crippen LogP contribution in [0.1, 0.15) is 28.8 Å². The van der Waals surface area contributed by atoms with Crippen LogP contribution in [0.3, 0.4) is 0 Å². The van der Waals surface area contributed by atoms with Gasteiger partial charge in [0.05, 0.1) is 10.9 Å². The molecule has 1 saturated heterocycles. The maximum absolute atomic E-state index is 12.3. The molecule has 0 atom stereocenters. The van der Waals surface area contributed by atoms with Crippen molar-refractivity contribution in [1.82, 2.24) is 4.90 Å². The van der Waals surface area contributed by atoms with Crippen molar-refractivity contribution in [2.24, 2.45) is 0 Å². The highest BCUT2D eigenvalue weighted by Crippen LogP contribution is 2.33. The molecule has 0 aromatic heterocycles. The lowest BCUT2D eigenvalue weighted by atomic mass is 10.2. The Labute approximate surface area is 177 Å². The van der Waals surface area contributed by atoms with E-state index in [0.717, 1.165) is 22.2 Å². The molecular formula is C21H17N2O4S2-. The van der Waals surface area contributed by atoms with Crippen LogP contribution in [-0.4, -0.2) is 33.5 Å². The second-order valence-corrected chi connectivity index (χ2v) is 7.64. The third kappa shape index (κ3) is 5.52. The number of nitrogens with one attached hydrogen (secondary N) is 1. The summed E-state index contributed by atoms with van der Waals surface area (Å²) in [4.78, 5) is 37.9. The number of anilines is 1. The van der Waals surface area contributed by atoms with Crippen LogP contribution in [0.4, 0.5) is 10.5 Å². The van der Waals surface area contributed by atoms with Crippen molar-refractivity contribution in [3.8, 4) is 0 Å². The average molecular weight is 426 g/mol. The van der Waals surface area contributed by atoms with Gasteiger partial charge in [-0.2, -0.15) is 0 Å². The molecule has 6 nitrogen and oxygen atoms in total. The fourth-order valence-corrected chi connectivity index (χ4v) is 4.03. The third-order valence-electron chi connectivity index (χ3n) is 4.14. The summed E-state index contributed by atoms with van der Waals surface area (Å²) in [6.07, 6.45) is 2.48. The molecule has 0 spiro atoms. The molecule has 1 aliphatic heterocycles. The number of thioether (sulfide) groups is 1. The van der Waals surface area contributed by atoms with Crippen LogP contribution in [0, 0.1) is 0 Å².